The lowest BCUT2D eigenvalue weighted by atomic mass is 10.0. The Morgan fingerprint density at radius 1 is 1.03 bits per heavy atom. The maximum absolute atomic E-state index is 12.6. The summed E-state index contributed by atoms with van der Waals surface area (Å²) in [5.41, 5.74) is 7.45. The lowest BCUT2D eigenvalue weighted by Gasteiger charge is -2.13. The van der Waals surface area contributed by atoms with Gasteiger partial charge in [0.1, 0.15) is 5.75 Å². The van der Waals surface area contributed by atoms with Gasteiger partial charge in [0.05, 0.1) is 25.9 Å². The molecule has 2 amide bonds. The molecular weight excluding hydrogens is 454 g/mol. The molecule has 1 aliphatic carbocycles. The fraction of sp³-hybridized carbons (Fsp3) is 0.320. The SMILES string of the molecule is C/C(=N\NC(=O)c1ccc(C(=O)N2CCCC2)s1)c1csc(-c2ccc3c(c2)CCC3)c1O. The lowest BCUT2D eigenvalue weighted by Crippen LogP contribution is -2.26. The van der Waals surface area contributed by atoms with Crippen molar-refractivity contribution in [3.63, 3.8) is 0 Å². The van der Waals surface area contributed by atoms with Gasteiger partial charge in [-0.2, -0.15) is 5.10 Å². The molecule has 5 rings (SSSR count). The van der Waals surface area contributed by atoms with Crippen molar-refractivity contribution in [2.24, 2.45) is 5.10 Å². The summed E-state index contributed by atoms with van der Waals surface area (Å²) in [7, 11) is 0. The second-order valence-electron chi connectivity index (χ2n) is 8.47. The van der Waals surface area contributed by atoms with Crippen molar-refractivity contribution in [3.05, 3.63) is 62.2 Å². The van der Waals surface area contributed by atoms with Gasteiger partial charge in [-0.15, -0.1) is 22.7 Å². The number of hydrogen-bond acceptors (Lipinski definition) is 6. The molecule has 0 radical (unpaired) electrons. The quantitative estimate of drug-likeness (QED) is 0.396. The van der Waals surface area contributed by atoms with Gasteiger partial charge in [-0.05, 0) is 73.9 Å². The van der Waals surface area contributed by atoms with Crippen LogP contribution in [0.25, 0.3) is 10.4 Å². The number of benzene rings is 1. The largest absolute Gasteiger partial charge is 0.506 e. The molecule has 33 heavy (non-hydrogen) atoms. The first-order valence-corrected chi connectivity index (χ1v) is 12.9. The summed E-state index contributed by atoms with van der Waals surface area (Å²) in [6.45, 7) is 3.31. The molecule has 2 aliphatic rings. The summed E-state index contributed by atoms with van der Waals surface area (Å²) in [5.74, 6) is -0.199. The minimum absolute atomic E-state index is 0.0153. The van der Waals surface area contributed by atoms with Crippen LogP contribution in [0.15, 0.2) is 40.8 Å². The van der Waals surface area contributed by atoms with E-state index in [9.17, 15) is 14.7 Å². The van der Waals surface area contributed by atoms with E-state index in [1.807, 2.05) is 10.3 Å². The number of thiophene rings is 2. The second-order valence-corrected chi connectivity index (χ2v) is 10.4. The Bertz CT molecular complexity index is 1250. The maximum atomic E-state index is 12.6. The fourth-order valence-electron chi connectivity index (χ4n) is 4.43. The molecule has 2 N–H and O–H groups in total. The molecule has 8 heteroatoms. The molecular formula is C25H25N3O3S2. The van der Waals surface area contributed by atoms with Crippen LogP contribution < -0.4 is 5.43 Å². The van der Waals surface area contributed by atoms with Crippen LogP contribution in [0.1, 0.15) is 62.2 Å². The van der Waals surface area contributed by atoms with E-state index in [0.29, 0.717) is 21.0 Å². The van der Waals surface area contributed by atoms with Crippen molar-refractivity contribution in [3.8, 4) is 16.2 Å². The molecule has 0 saturated carbocycles. The Labute approximate surface area is 200 Å². The molecule has 1 aliphatic heterocycles. The van der Waals surface area contributed by atoms with Gasteiger partial charge in [-0.3, -0.25) is 9.59 Å². The predicted molar refractivity (Wildman–Crippen MR) is 133 cm³/mol. The summed E-state index contributed by atoms with van der Waals surface area (Å²) in [6, 6.07) is 9.74. The van der Waals surface area contributed by atoms with E-state index in [1.165, 1.54) is 40.2 Å². The number of carbonyl (C=O) groups is 2. The number of fused-ring (bicyclic) bond motifs is 1. The molecule has 0 unspecified atom stereocenters. The zero-order valence-electron chi connectivity index (χ0n) is 18.4. The molecule has 1 fully saturated rings. The zero-order valence-corrected chi connectivity index (χ0v) is 20.0. The number of amides is 2. The average molecular weight is 480 g/mol. The Morgan fingerprint density at radius 2 is 1.79 bits per heavy atom. The van der Waals surface area contributed by atoms with Gasteiger partial charge >= 0.3 is 0 Å². The number of nitrogens with one attached hydrogen (secondary N) is 1. The first-order chi connectivity index (χ1) is 16.0. The molecule has 3 aromatic rings. The molecule has 170 valence electrons. The molecule has 3 heterocycles. The highest BCUT2D eigenvalue weighted by atomic mass is 32.1. The Hall–Kier alpha value is -2.97. The van der Waals surface area contributed by atoms with Gasteiger partial charge in [0.15, 0.2) is 0 Å². The first kappa shape index (κ1) is 21.9. The summed E-state index contributed by atoms with van der Waals surface area (Å²) >= 11 is 2.65. The molecule has 1 aromatic carbocycles. The third-order valence-electron chi connectivity index (χ3n) is 6.27. The van der Waals surface area contributed by atoms with Crippen LogP contribution in [0, 0.1) is 0 Å². The van der Waals surface area contributed by atoms with E-state index in [4.69, 9.17) is 0 Å². The van der Waals surface area contributed by atoms with E-state index in [-0.39, 0.29) is 17.6 Å². The number of carbonyl (C=O) groups excluding carboxylic acids is 2. The van der Waals surface area contributed by atoms with E-state index < -0.39 is 0 Å². The number of aromatic hydroxyl groups is 1. The molecule has 6 nitrogen and oxygen atoms in total. The van der Waals surface area contributed by atoms with Crippen LogP contribution >= 0.6 is 22.7 Å². The molecule has 1 saturated heterocycles. The lowest BCUT2D eigenvalue weighted by molar-refractivity contribution is 0.0797. The van der Waals surface area contributed by atoms with E-state index >= 15 is 0 Å². The van der Waals surface area contributed by atoms with Crippen LogP contribution in [-0.4, -0.2) is 40.6 Å². The normalized spacial score (nSPS) is 15.7. The molecule has 0 spiro atoms. The Kier molecular flexibility index (Phi) is 6.03. The predicted octanol–water partition coefficient (Wildman–Crippen LogP) is 5.06. The minimum Gasteiger partial charge on any atom is -0.506 e. The van der Waals surface area contributed by atoms with Crippen molar-refractivity contribution < 1.29 is 14.7 Å². The Morgan fingerprint density at radius 3 is 2.61 bits per heavy atom. The van der Waals surface area contributed by atoms with Crippen molar-refractivity contribution >= 4 is 40.2 Å². The standard InChI is InChI=1S/C25H25N3O3S2/c1-15(19-14-32-23(22(19)29)18-8-7-16-5-4-6-17(16)13-18)26-27-24(30)20-9-10-21(33-20)25(31)28-11-2-3-12-28/h7-10,13-14,29H,2-6,11-12H2,1H3,(H,27,30)/b26-15+. The van der Waals surface area contributed by atoms with E-state index in [0.717, 1.165) is 49.2 Å². The van der Waals surface area contributed by atoms with Crippen molar-refractivity contribution in [1.29, 1.82) is 0 Å². The monoisotopic (exact) mass is 479 g/mol. The zero-order chi connectivity index (χ0) is 22.9. The highest BCUT2D eigenvalue weighted by Gasteiger charge is 2.22. The number of nitrogens with zero attached hydrogens (tertiary/aromatic N) is 2. The third-order valence-corrected chi connectivity index (χ3v) is 8.36. The summed E-state index contributed by atoms with van der Waals surface area (Å²) in [4.78, 5) is 28.7. The third kappa shape index (κ3) is 4.32. The van der Waals surface area contributed by atoms with Gasteiger partial charge in [0.25, 0.3) is 11.8 Å². The maximum Gasteiger partial charge on any atom is 0.281 e. The summed E-state index contributed by atoms with van der Waals surface area (Å²) < 4.78 is 0. The number of rotatable bonds is 5. The van der Waals surface area contributed by atoms with E-state index in [2.05, 4.69) is 28.7 Å². The highest BCUT2D eigenvalue weighted by molar-refractivity contribution is 7.16. The van der Waals surface area contributed by atoms with Crippen LogP contribution in [0.5, 0.6) is 5.75 Å². The second kappa shape index (κ2) is 9.11. The van der Waals surface area contributed by atoms with E-state index in [1.54, 1.807) is 19.1 Å². The van der Waals surface area contributed by atoms with Gasteiger partial charge < -0.3 is 10.0 Å². The molecule has 2 aromatic heterocycles. The van der Waals surface area contributed by atoms with Crippen LogP contribution in [-0.2, 0) is 12.8 Å². The molecule has 0 atom stereocenters. The smallest absolute Gasteiger partial charge is 0.281 e. The summed E-state index contributed by atoms with van der Waals surface area (Å²) in [5, 5.41) is 16.9. The minimum atomic E-state index is -0.367. The van der Waals surface area contributed by atoms with Crippen molar-refractivity contribution in [2.45, 2.75) is 39.0 Å². The van der Waals surface area contributed by atoms with Crippen molar-refractivity contribution in [2.75, 3.05) is 13.1 Å². The fourth-order valence-corrected chi connectivity index (χ4v) is 6.29. The van der Waals surface area contributed by atoms with Crippen LogP contribution in [0.2, 0.25) is 0 Å². The average Bonchev–Trinajstić information content (AvgIpc) is 3.62. The van der Waals surface area contributed by atoms with Gasteiger partial charge in [-0.25, -0.2) is 5.43 Å². The van der Waals surface area contributed by atoms with Gasteiger partial charge in [-0.1, -0.05) is 12.1 Å². The topological polar surface area (TPSA) is 82.0 Å². The van der Waals surface area contributed by atoms with Crippen LogP contribution in [0.4, 0.5) is 0 Å². The first-order valence-electron chi connectivity index (χ1n) is 11.2. The number of likely N-dealkylation sites (tertiary alicyclic amines) is 1. The summed E-state index contributed by atoms with van der Waals surface area (Å²) in [6.07, 6.45) is 5.46. The van der Waals surface area contributed by atoms with Gasteiger partial charge in [0.2, 0.25) is 0 Å². The molecule has 0 bridgehead atoms. The highest BCUT2D eigenvalue weighted by Crippen LogP contribution is 2.40. The Balaban J connectivity index is 1.28. The van der Waals surface area contributed by atoms with Crippen molar-refractivity contribution in [1.82, 2.24) is 10.3 Å². The number of aryl methyl sites for hydroxylation is 2. The number of hydrazone groups is 1. The number of hydrogen-bond donors (Lipinski definition) is 2. The van der Waals surface area contributed by atoms with Crippen LogP contribution in [0.3, 0.4) is 0 Å². The van der Waals surface area contributed by atoms with Gasteiger partial charge in [0, 0.05) is 18.5 Å².